The zero-order valence-electron chi connectivity index (χ0n) is 16.3. The van der Waals surface area contributed by atoms with Crippen LogP contribution in [0.3, 0.4) is 0 Å². The van der Waals surface area contributed by atoms with Crippen molar-refractivity contribution >= 4 is 23.0 Å². The molecule has 0 aromatic heterocycles. The van der Waals surface area contributed by atoms with Gasteiger partial charge in [0.15, 0.2) is 0 Å². The number of nitrogens with zero attached hydrogens (tertiary/aromatic N) is 2. The number of para-hydroxylation sites is 2. The van der Waals surface area contributed by atoms with Crippen LogP contribution in [0.5, 0.6) is 0 Å². The molecule has 1 atom stereocenters. The van der Waals surface area contributed by atoms with Gasteiger partial charge in [-0.3, -0.25) is 14.7 Å². The second-order valence-electron chi connectivity index (χ2n) is 7.31. The van der Waals surface area contributed by atoms with Gasteiger partial charge in [-0.05, 0) is 30.2 Å². The molecular weight excluding hydrogens is 344 g/mol. The van der Waals surface area contributed by atoms with E-state index in [4.69, 9.17) is 4.99 Å². The molecule has 1 amide bonds. The summed E-state index contributed by atoms with van der Waals surface area (Å²) in [5.41, 5.74) is 4.36. The number of carbonyl (C=O) groups excluding carboxylic acids is 1. The minimum atomic E-state index is -0.532. The van der Waals surface area contributed by atoms with Gasteiger partial charge in [-0.1, -0.05) is 79.7 Å². The first-order valence-corrected chi connectivity index (χ1v) is 9.74. The minimum Gasteiger partial charge on any atom is -0.300 e. The van der Waals surface area contributed by atoms with Gasteiger partial charge < -0.3 is 0 Å². The molecule has 28 heavy (non-hydrogen) atoms. The molecule has 3 nitrogen and oxygen atoms in total. The van der Waals surface area contributed by atoms with Gasteiger partial charge in [0.2, 0.25) is 5.91 Å². The summed E-state index contributed by atoms with van der Waals surface area (Å²) < 4.78 is 0. The van der Waals surface area contributed by atoms with Crippen LogP contribution in [0.4, 0.5) is 11.4 Å². The first-order valence-electron chi connectivity index (χ1n) is 9.74. The molecule has 0 spiro atoms. The Morgan fingerprint density at radius 2 is 1.54 bits per heavy atom. The van der Waals surface area contributed by atoms with Gasteiger partial charge in [0.05, 0.1) is 22.6 Å². The highest BCUT2D eigenvalue weighted by molar-refractivity contribution is 6.08. The van der Waals surface area contributed by atoms with E-state index in [1.807, 2.05) is 72.5 Å². The van der Waals surface area contributed by atoms with Crippen LogP contribution in [0.2, 0.25) is 0 Å². The largest absolute Gasteiger partial charge is 0.300 e. The number of anilines is 1. The Balaban J connectivity index is 1.98. The lowest BCUT2D eigenvalue weighted by Crippen LogP contribution is -2.48. The van der Waals surface area contributed by atoms with Crippen molar-refractivity contribution in [3.05, 3.63) is 96.1 Å². The van der Waals surface area contributed by atoms with Crippen molar-refractivity contribution in [2.24, 2.45) is 4.99 Å². The molecule has 3 aromatic carbocycles. The van der Waals surface area contributed by atoms with Crippen molar-refractivity contribution in [2.75, 3.05) is 4.90 Å². The molecule has 1 unspecified atom stereocenters. The van der Waals surface area contributed by atoms with Crippen molar-refractivity contribution in [1.29, 1.82) is 0 Å². The Kier molecular flexibility index (Phi) is 4.82. The quantitative estimate of drug-likeness (QED) is 0.569. The average molecular weight is 368 g/mol. The molecule has 0 saturated carbocycles. The summed E-state index contributed by atoms with van der Waals surface area (Å²) in [5.74, 6) is 0.100. The van der Waals surface area contributed by atoms with E-state index in [-0.39, 0.29) is 5.91 Å². The zero-order valence-corrected chi connectivity index (χ0v) is 16.3. The minimum absolute atomic E-state index is 0.100. The van der Waals surface area contributed by atoms with E-state index >= 15 is 0 Å². The highest BCUT2D eigenvalue weighted by atomic mass is 16.2. The predicted octanol–water partition coefficient (Wildman–Crippen LogP) is 5.87. The summed E-state index contributed by atoms with van der Waals surface area (Å²) in [4.78, 5) is 20.2. The number of benzene rings is 3. The molecule has 0 bridgehead atoms. The van der Waals surface area contributed by atoms with Crippen LogP contribution < -0.4 is 4.90 Å². The van der Waals surface area contributed by atoms with Crippen LogP contribution in [0.25, 0.3) is 0 Å². The maximum Gasteiger partial charge on any atom is 0.227 e. The van der Waals surface area contributed by atoms with Crippen LogP contribution in [0.15, 0.2) is 89.9 Å². The third kappa shape index (κ3) is 3.13. The summed E-state index contributed by atoms with van der Waals surface area (Å²) >= 11 is 0. The van der Waals surface area contributed by atoms with Gasteiger partial charge in [-0.15, -0.1) is 0 Å². The third-order valence-corrected chi connectivity index (χ3v) is 5.44. The first kappa shape index (κ1) is 18.2. The highest BCUT2D eigenvalue weighted by Gasteiger charge is 2.41. The van der Waals surface area contributed by atoms with E-state index in [2.05, 4.69) is 31.2 Å². The van der Waals surface area contributed by atoms with Gasteiger partial charge in [0, 0.05) is 12.8 Å². The van der Waals surface area contributed by atoms with Crippen molar-refractivity contribution in [3.8, 4) is 0 Å². The number of fused-ring (bicyclic) bond motifs is 1. The summed E-state index contributed by atoms with van der Waals surface area (Å²) in [6.45, 7) is 4.07. The molecule has 140 valence electrons. The Morgan fingerprint density at radius 1 is 0.929 bits per heavy atom. The molecule has 1 heterocycles. The second-order valence-corrected chi connectivity index (χ2v) is 7.31. The fourth-order valence-corrected chi connectivity index (χ4v) is 4.00. The Morgan fingerprint density at radius 3 is 2.21 bits per heavy atom. The molecular formula is C25H24N2O. The summed E-state index contributed by atoms with van der Waals surface area (Å²) in [7, 11) is 0. The normalized spacial score (nSPS) is 18.8. The highest BCUT2D eigenvalue weighted by Crippen LogP contribution is 2.44. The molecule has 3 heteroatoms. The number of aliphatic imine (C=N–C) groups is 1. The van der Waals surface area contributed by atoms with Gasteiger partial charge >= 0.3 is 0 Å². The Bertz CT molecular complexity index is 1010. The lowest BCUT2D eigenvalue weighted by atomic mass is 9.83. The van der Waals surface area contributed by atoms with E-state index in [1.165, 1.54) is 0 Å². The van der Waals surface area contributed by atoms with Gasteiger partial charge in [-0.25, -0.2) is 0 Å². The van der Waals surface area contributed by atoms with E-state index in [0.29, 0.717) is 12.8 Å². The maximum atomic E-state index is 13.2. The summed E-state index contributed by atoms with van der Waals surface area (Å²) in [5, 5.41) is 0. The SMILES string of the molecule is CCC(=O)N1c2ccccc2N=C(c2ccccc2)CC1(C)c1ccccc1. The van der Waals surface area contributed by atoms with Gasteiger partial charge in [-0.2, -0.15) is 0 Å². The van der Waals surface area contributed by atoms with Crippen molar-refractivity contribution in [2.45, 2.75) is 32.2 Å². The van der Waals surface area contributed by atoms with Crippen LogP contribution >= 0.6 is 0 Å². The number of hydrogen-bond acceptors (Lipinski definition) is 2. The van der Waals surface area contributed by atoms with E-state index in [9.17, 15) is 4.79 Å². The zero-order chi connectivity index (χ0) is 19.6. The fourth-order valence-electron chi connectivity index (χ4n) is 4.00. The van der Waals surface area contributed by atoms with Crippen LogP contribution in [-0.2, 0) is 10.3 Å². The lowest BCUT2D eigenvalue weighted by Gasteiger charge is -2.41. The standard InChI is InChI=1S/C25H24N2O/c1-3-24(28)27-23-17-11-10-16-21(23)26-22(19-12-6-4-7-13-19)18-25(27,2)20-14-8-5-9-15-20/h4-17H,3,18H2,1-2H3. The van der Waals surface area contributed by atoms with Gasteiger partial charge in [0.25, 0.3) is 0 Å². The monoisotopic (exact) mass is 368 g/mol. The third-order valence-electron chi connectivity index (χ3n) is 5.44. The summed E-state index contributed by atoms with van der Waals surface area (Å²) in [6, 6.07) is 28.5. The molecule has 0 radical (unpaired) electrons. The fraction of sp³-hybridized carbons (Fsp3) is 0.200. The van der Waals surface area contributed by atoms with E-state index < -0.39 is 5.54 Å². The number of carbonyl (C=O) groups is 1. The van der Waals surface area contributed by atoms with Gasteiger partial charge in [0.1, 0.15) is 0 Å². The summed E-state index contributed by atoms with van der Waals surface area (Å²) in [6.07, 6.45) is 1.08. The van der Waals surface area contributed by atoms with Crippen LogP contribution in [-0.4, -0.2) is 11.6 Å². The molecule has 3 aromatic rings. The van der Waals surface area contributed by atoms with Crippen LogP contribution in [0.1, 0.15) is 37.8 Å². The molecule has 0 N–H and O–H groups in total. The first-order chi connectivity index (χ1) is 13.6. The lowest BCUT2D eigenvalue weighted by molar-refractivity contribution is -0.119. The average Bonchev–Trinajstić information content (AvgIpc) is 2.89. The van der Waals surface area contributed by atoms with Crippen molar-refractivity contribution in [1.82, 2.24) is 0 Å². The van der Waals surface area contributed by atoms with Crippen molar-refractivity contribution < 1.29 is 4.79 Å². The molecule has 0 saturated heterocycles. The second kappa shape index (κ2) is 7.43. The molecule has 4 rings (SSSR count). The number of hydrogen-bond donors (Lipinski definition) is 0. The molecule has 1 aliphatic heterocycles. The molecule has 0 fully saturated rings. The predicted molar refractivity (Wildman–Crippen MR) is 115 cm³/mol. The van der Waals surface area contributed by atoms with E-state index in [1.54, 1.807) is 0 Å². The molecule has 1 aliphatic rings. The molecule has 0 aliphatic carbocycles. The van der Waals surface area contributed by atoms with E-state index in [0.717, 1.165) is 28.2 Å². The maximum absolute atomic E-state index is 13.2. The number of amides is 1. The topological polar surface area (TPSA) is 32.7 Å². The smallest absolute Gasteiger partial charge is 0.227 e. The Hall–Kier alpha value is -3.20. The number of rotatable bonds is 3. The van der Waals surface area contributed by atoms with Crippen LogP contribution in [0, 0.1) is 0 Å². The Labute approximate surface area is 166 Å². The van der Waals surface area contributed by atoms with Crippen molar-refractivity contribution in [3.63, 3.8) is 0 Å².